The van der Waals surface area contributed by atoms with E-state index < -0.39 is 0 Å². The van der Waals surface area contributed by atoms with Gasteiger partial charge in [0.2, 0.25) is 5.91 Å². The first kappa shape index (κ1) is 10.6. The zero-order valence-electron chi connectivity index (χ0n) is 9.40. The highest BCUT2D eigenvalue weighted by atomic mass is 16.1. The lowest BCUT2D eigenvalue weighted by molar-refractivity contribution is -0.118. The number of hydrogen-bond acceptors (Lipinski definition) is 3. The smallest absolute Gasteiger partial charge is 0.219 e. The fraction of sp³-hybridized carbons (Fsp3) is 0.364. The topological polar surface area (TPSA) is 73.8 Å². The van der Waals surface area contributed by atoms with E-state index in [9.17, 15) is 4.79 Å². The molecule has 2 N–H and O–H groups in total. The first-order chi connectivity index (χ1) is 7.58. The van der Waals surface area contributed by atoms with Crippen LogP contribution in [0.3, 0.4) is 0 Å². The highest BCUT2D eigenvalue weighted by Crippen LogP contribution is 2.17. The number of nitrogens with two attached hydrogens (primary N) is 1. The van der Waals surface area contributed by atoms with Crippen LogP contribution >= 0.6 is 0 Å². The van der Waals surface area contributed by atoms with Crippen LogP contribution in [0.25, 0.3) is 11.0 Å². The first-order valence-corrected chi connectivity index (χ1v) is 5.16. The molecule has 0 saturated heterocycles. The molecule has 0 unspecified atom stereocenters. The zero-order valence-corrected chi connectivity index (χ0v) is 9.40. The Hall–Kier alpha value is -1.91. The summed E-state index contributed by atoms with van der Waals surface area (Å²) in [5.41, 5.74) is 9.29. The summed E-state index contributed by atoms with van der Waals surface area (Å²) in [5.74, 6) is -0.326. The zero-order chi connectivity index (χ0) is 11.7. The van der Waals surface area contributed by atoms with Gasteiger partial charge in [0, 0.05) is 6.42 Å². The third kappa shape index (κ3) is 1.88. The van der Waals surface area contributed by atoms with Crippen LogP contribution in [0.2, 0.25) is 0 Å². The lowest BCUT2D eigenvalue weighted by Crippen LogP contribution is -2.14. The monoisotopic (exact) mass is 218 g/mol. The third-order valence-electron chi connectivity index (χ3n) is 2.70. The normalized spacial score (nSPS) is 10.9. The Morgan fingerprint density at radius 3 is 2.75 bits per heavy atom. The molecule has 2 rings (SSSR count). The van der Waals surface area contributed by atoms with Crippen molar-refractivity contribution in [3.8, 4) is 0 Å². The first-order valence-electron chi connectivity index (χ1n) is 5.16. The van der Waals surface area contributed by atoms with E-state index in [1.165, 1.54) is 11.1 Å². The second-order valence-corrected chi connectivity index (χ2v) is 3.95. The van der Waals surface area contributed by atoms with Gasteiger partial charge in [0.05, 0.1) is 12.1 Å². The van der Waals surface area contributed by atoms with Crippen LogP contribution in [-0.2, 0) is 11.3 Å². The van der Waals surface area contributed by atoms with Crippen molar-refractivity contribution >= 4 is 16.9 Å². The van der Waals surface area contributed by atoms with Crippen LogP contribution in [0.4, 0.5) is 0 Å². The highest BCUT2D eigenvalue weighted by Gasteiger charge is 2.07. The molecule has 0 aliphatic heterocycles. The van der Waals surface area contributed by atoms with Gasteiger partial charge in [-0.15, -0.1) is 5.10 Å². The number of rotatable bonds is 3. The summed E-state index contributed by atoms with van der Waals surface area (Å²) in [5, 5.41) is 8.07. The second kappa shape index (κ2) is 3.92. The highest BCUT2D eigenvalue weighted by molar-refractivity contribution is 5.77. The van der Waals surface area contributed by atoms with Crippen LogP contribution < -0.4 is 5.73 Å². The summed E-state index contributed by atoms with van der Waals surface area (Å²) in [7, 11) is 0. The number of carbonyl (C=O) groups excluding carboxylic acids is 1. The molecule has 1 heterocycles. The van der Waals surface area contributed by atoms with Gasteiger partial charge in [-0.2, -0.15) is 0 Å². The Labute approximate surface area is 93.2 Å². The molecule has 5 nitrogen and oxygen atoms in total. The molecule has 0 radical (unpaired) electrons. The molecule has 16 heavy (non-hydrogen) atoms. The van der Waals surface area contributed by atoms with Crippen molar-refractivity contribution in [3.63, 3.8) is 0 Å². The van der Waals surface area contributed by atoms with E-state index in [1.807, 2.05) is 26.0 Å². The molecule has 0 atom stereocenters. The fourth-order valence-corrected chi connectivity index (χ4v) is 1.60. The minimum atomic E-state index is -0.326. The predicted octanol–water partition coefficient (Wildman–Crippen LogP) is 0.924. The van der Waals surface area contributed by atoms with E-state index in [-0.39, 0.29) is 12.3 Å². The van der Waals surface area contributed by atoms with Gasteiger partial charge in [-0.3, -0.25) is 4.79 Å². The van der Waals surface area contributed by atoms with E-state index in [1.54, 1.807) is 4.68 Å². The number of amides is 1. The lowest BCUT2D eigenvalue weighted by Gasteiger charge is -2.02. The third-order valence-corrected chi connectivity index (χ3v) is 2.70. The Kier molecular flexibility index (Phi) is 2.60. The molecule has 0 aliphatic carbocycles. The minimum absolute atomic E-state index is 0.283. The number of fused-ring (bicyclic) bond motifs is 1. The van der Waals surface area contributed by atoms with Crippen molar-refractivity contribution in [2.45, 2.75) is 26.8 Å². The standard InChI is InChI=1S/C11H14N4O/c1-7-5-9-10(6-8(7)2)15(14-13-9)4-3-11(12)16/h5-6H,3-4H2,1-2H3,(H2,12,16). The molecule has 0 bridgehead atoms. The Morgan fingerprint density at radius 1 is 1.38 bits per heavy atom. The number of nitrogens with zero attached hydrogens (tertiary/aromatic N) is 3. The molecule has 0 spiro atoms. The summed E-state index contributed by atoms with van der Waals surface area (Å²) in [6, 6.07) is 4.03. The van der Waals surface area contributed by atoms with Gasteiger partial charge in [-0.25, -0.2) is 4.68 Å². The Bertz CT molecular complexity index is 544. The van der Waals surface area contributed by atoms with Crippen LogP contribution in [-0.4, -0.2) is 20.9 Å². The fourth-order valence-electron chi connectivity index (χ4n) is 1.60. The molecule has 1 aromatic carbocycles. The summed E-state index contributed by atoms with van der Waals surface area (Å²) in [6.45, 7) is 4.56. The molecular formula is C11H14N4O. The van der Waals surface area contributed by atoms with Gasteiger partial charge >= 0.3 is 0 Å². The van der Waals surface area contributed by atoms with Crippen molar-refractivity contribution in [1.29, 1.82) is 0 Å². The minimum Gasteiger partial charge on any atom is -0.370 e. The van der Waals surface area contributed by atoms with Gasteiger partial charge in [0.1, 0.15) is 5.52 Å². The average Bonchev–Trinajstić information content (AvgIpc) is 2.58. The summed E-state index contributed by atoms with van der Waals surface area (Å²) < 4.78 is 1.71. The lowest BCUT2D eigenvalue weighted by atomic mass is 10.1. The number of aryl methyl sites for hydroxylation is 3. The van der Waals surface area contributed by atoms with E-state index in [0.29, 0.717) is 6.54 Å². The van der Waals surface area contributed by atoms with Crippen LogP contribution in [0, 0.1) is 13.8 Å². The molecule has 1 aromatic heterocycles. The summed E-state index contributed by atoms with van der Waals surface area (Å²) in [6.07, 6.45) is 0.283. The number of benzene rings is 1. The largest absolute Gasteiger partial charge is 0.370 e. The molecule has 0 fully saturated rings. The quantitative estimate of drug-likeness (QED) is 0.832. The van der Waals surface area contributed by atoms with Gasteiger partial charge in [0.15, 0.2) is 0 Å². The maximum Gasteiger partial charge on any atom is 0.219 e. The number of aromatic nitrogens is 3. The van der Waals surface area contributed by atoms with E-state index in [2.05, 4.69) is 10.3 Å². The van der Waals surface area contributed by atoms with Gasteiger partial charge in [0.25, 0.3) is 0 Å². The SMILES string of the molecule is Cc1cc2nnn(CCC(N)=O)c2cc1C. The van der Waals surface area contributed by atoms with Crippen LogP contribution in [0.5, 0.6) is 0 Å². The number of primary amides is 1. The van der Waals surface area contributed by atoms with E-state index in [0.717, 1.165) is 11.0 Å². The number of carbonyl (C=O) groups is 1. The van der Waals surface area contributed by atoms with E-state index in [4.69, 9.17) is 5.73 Å². The van der Waals surface area contributed by atoms with Gasteiger partial charge < -0.3 is 5.73 Å². The molecule has 0 saturated carbocycles. The number of hydrogen-bond donors (Lipinski definition) is 1. The molecule has 5 heteroatoms. The molecule has 84 valence electrons. The average molecular weight is 218 g/mol. The van der Waals surface area contributed by atoms with Crippen molar-refractivity contribution < 1.29 is 4.79 Å². The van der Waals surface area contributed by atoms with Crippen molar-refractivity contribution in [2.75, 3.05) is 0 Å². The predicted molar refractivity (Wildman–Crippen MR) is 60.8 cm³/mol. The van der Waals surface area contributed by atoms with Gasteiger partial charge in [-0.1, -0.05) is 5.21 Å². The van der Waals surface area contributed by atoms with Crippen molar-refractivity contribution in [2.24, 2.45) is 5.73 Å². The van der Waals surface area contributed by atoms with E-state index >= 15 is 0 Å². The van der Waals surface area contributed by atoms with Crippen molar-refractivity contribution in [1.82, 2.24) is 15.0 Å². The maximum absolute atomic E-state index is 10.7. The van der Waals surface area contributed by atoms with Crippen LogP contribution in [0.1, 0.15) is 17.5 Å². The molecule has 2 aromatic rings. The summed E-state index contributed by atoms with van der Waals surface area (Å²) in [4.78, 5) is 10.7. The molecule has 1 amide bonds. The van der Waals surface area contributed by atoms with Crippen molar-refractivity contribution in [3.05, 3.63) is 23.3 Å². The Balaban J connectivity index is 2.40. The Morgan fingerprint density at radius 2 is 2.06 bits per heavy atom. The maximum atomic E-state index is 10.7. The summed E-state index contributed by atoms with van der Waals surface area (Å²) >= 11 is 0. The molecular weight excluding hydrogens is 204 g/mol. The van der Waals surface area contributed by atoms with Crippen LogP contribution in [0.15, 0.2) is 12.1 Å². The molecule has 0 aliphatic rings. The second-order valence-electron chi connectivity index (χ2n) is 3.95. The van der Waals surface area contributed by atoms with Gasteiger partial charge in [-0.05, 0) is 37.1 Å².